The Morgan fingerprint density at radius 1 is 0.885 bits per heavy atom. The molecule has 0 bridgehead atoms. The Morgan fingerprint density at radius 3 is 1.92 bits per heavy atom. The van der Waals surface area contributed by atoms with E-state index in [0.717, 1.165) is 8.95 Å². The molecule has 0 spiro atoms. The summed E-state index contributed by atoms with van der Waals surface area (Å²) in [7, 11) is 0. The first-order valence-corrected chi connectivity index (χ1v) is 9.26. The van der Waals surface area contributed by atoms with Gasteiger partial charge in [0.25, 0.3) is 0 Å². The van der Waals surface area contributed by atoms with Crippen LogP contribution in [0.25, 0.3) is 0 Å². The molecule has 132 valence electrons. The maximum atomic E-state index is 12.7. The smallest absolute Gasteiger partial charge is 0.230 e. The van der Waals surface area contributed by atoms with E-state index in [0.29, 0.717) is 28.2 Å². The molecular formula is C20H14Br2O4. The number of allylic oxidation sites excluding steroid dienone is 3. The maximum absolute atomic E-state index is 12.7. The molecule has 0 N–H and O–H groups in total. The number of ketones is 2. The summed E-state index contributed by atoms with van der Waals surface area (Å²) in [6, 6.07) is 10.2. The highest BCUT2D eigenvalue weighted by Crippen LogP contribution is 2.30. The number of ether oxygens (including phenoxy) is 2. The zero-order valence-electron chi connectivity index (χ0n) is 13.8. The first-order chi connectivity index (χ1) is 12.4. The summed E-state index contributed by atoms with van der Waals surface area (Å²) in [5.74, 6) is 0.223. The molecule has 4 nitrogen and oxygen atoms in total. The van der Waals surface area contributed by atoms with E-state index in [-0.39, 0.29) is 23.9 Å². The fraction of sp³-hybridized carbons (Fsp3) is 0.100. The van der Waals surface area contributed by atoms with Crippen LogP contribution >= 0.6 is 31.9 Å². The minimum atomic E-state index is -0.309. The summed E-state index contributed by atoms with van der Waals surface area (Å²) >= 11 is 6.74. The van der Waals surface area contributed by atoms with Gasteiger partial charge in [-0.3, -0.25) is 9.59 Å². The molecule has 0 radical (unpaired) electrons. The van der Waals surface area contributed by atoms with Gasteiger partial charge in [0, 0.05) is 14.5 Å². The van der Waals surface area contributed by atoms with Gasteiger partial charge in [0.2, 0.25) is 6.79 Å². The van der Waals surface area contributed by atoms with Crippen LogP contribution in [0.2, 0.25) is 0 Å². The third-order valence-corrected chi connectivity index (χ3v) is 4.83. The Kier molecular flexibility index (Phi) is 5.44. The van der Waals surface area contributed by atoms with Gasteiger partial charge in [-0.1, -0.05) is 38.4 Å². The van der Waals surface area contributed by atoms with Crippen LogP contribution in [0.15, 0.2) is 69.1 Å². The molecule has 0 unspecified atom stereocenters. The third-order valence-electron chi connectivity index (χ3n) is 3.85. The lowest BCUT2D eigenvalue weighted by atomic mass is 9.98. The van der Waals surface area contributed by atoms with Crippen molar-refractivity contribution >= 4 is 43.4 Å². The summed E-state index contributed by atoms with van der Waals surface area (Å²) in [6.07, 6.45) is 1.49. The van der Waals surface area contributed by atoms with Crippen molar-refractivity contribution in [2.45, 2.75) is 6.92 Å². The SMILES string of the molecule is C=C1/C=C(\C)C(=O)c2ccc(Br)cc2OCOc2cc(Br)ccc2C1=O. The molecule has 0 atom stereocenters. The lowest BCUT2D eigenvalue weighted by Gasteiger charge is -2.16. The molecule has 0 aromatic heterocycles. The molecule has 1 heterocycles. The average Bonchev–Trinajstić information content (AvgIpc) is 2.60. The molecule has 6 heteroatoms. The molecule has 1 aliphatic heterocycles. The second-order valence-corrected chi connectivity index (χ2v) is 7.53. The number of carbonyl (C=O) groups is 2. The summed E-state index contributed by atoms with van der Waals surface area (Å²) < 4.78 is 12.9. The Hall–Kier alpha value is -2.18. The zero-order chi connectivity index (χ0) is 18.8. The molecule has 0 saturated heterocycles. The molecule has 2 aromatic carbocycles. The van der Waals surface area contributed by atoms with Crippen LogP contribution in [0.5, 0.6) is 11.5 Å². The normalized spacial score (nSPS) is 16.9. The van der Waals surface area contributed by atoms with E-state index in [1.807, 2.05) is 0 Å². The van der Waals surface area contributed by atoms with Crippen molar-refractivity contribution in [1.82, 2.24) is 0 Å². The van der Waals surface area contributed by atoms with Gasteiger partial charge in [-0.15, -0.1) is 0 Å². The Balaban J connectivity index is 2.12. The molecule has 0 amide bonds. The van der Waals surface area contributed by atoms with E-state index in [1.54, 1.807) is 43.3 Å². The first kappa shape index (κ1) is 18.6. The van der Waals surface area contributed by atoms with E-state index in [2.05, 4.69) is 38.4 Å². The monoisotopic (exact) mass is 476 g/mol. The van der Waals surface area contributed by atoms with E-state index < -0.39 is 0 Å². The molecule has 1 aliphatic rings. The van der Waals surface area contributed by atoms with Gasteiger partial charge >= 0.3 is 0 Å². The van der Waals surface area contributed by atoms with E-state index in [9.17, 15) is 9.59 Å². The quantitative estimate of drug-likeness (QED) is 0.469. The summed E-state index contributed by atoms with van der Waals surface area (Å²) in [5, 5.41) is 0. The number of halogens is 2. The van der Waals surface area contributed by atoms with Crippen molar-refractivity contribution in [3.8, 4) is 11.5 Å². The highest BCUT2D eigenvalue weighted by Gasteiger charge is 2.20. The van der Waals surface area contributed by atoms with E-state index >= 15 is 0 Å². The molecule has 3 rings (SSSR count). The number of Topliss-reactive ketones (excluding diaryl/α,β-unsaturated/α-hetero) is 2. The van der Waals surface area contributed by atoms with Crippen molar-refractivity contribution in [3.05, 3.63) is 80.3 Å². The van der Waals surface area contributed by atoms with Crippen LogP contribution in [0.3, 0.4) is 0 Å². The Morgan fingerprint density at radius 2 is 1.38 bits per heavy atom. The summed E-state index contributed by atoms with van der Waals surface area (Å²) in [6.45, 7) is 5.32. The molecule has 2 aromatic rings. The lowest BCUT2D eigenvalue weighted by molar-refractivity contribution is 0.0984. The van der Waals surface area contributed by atoms with Crippen molar-refractivity contribution < 1.29 is 19.1 Å². The van der Waals surface area contributed by atoms with Crippen LogP contribution in [0.4, 0.5) is 0 Å². The van der Waals surface area contributed by atoms with Crippen molar-refractivity contribution in [2.24, 2.45) is 0 Å². The van der Waals surface area contributed by atoms with Gasteiger partial charge in [-0.2, -0.15) is 0 Å². The molecular weight excluding hydrogens is 464 g/mol. The Labute approximate surface area is 167 Å². The van der Waals surface area contributed by atoms with Crippen molar-refractivity contribution in [2.75, 3.05) is 6.79 Å². The lowest BCUT2D eigenvalue weighted by Crippen LogP contribution is -2.14. The highest BCUT2D eigenvalue weighted by molar-refractivity contribution is 9.10. The largest absolute Gasteiger partial charge is 0.457 e. The molecule has 0 aliphatic carbocycles. The third kappa shape index (κ3) is 3.81. The standard InChI is InChI=1S/C20H14Br2O4/c1-11-7-12(2)20(24)16-6-4-14(22)9-18(16)26-10-25-17-8-13(21)3-5-15(17)19(11)23/h3-9H,1,10H2,2H3/b12-7+. The minimum Gasteiger partial charge on any atom is -0.457 e. The van der Waals surface area contributed by atoms with E-state index in [1.165, 1.54) is 6.08 Å². The van der Waals surface area contributed by atoms with Crippen LogP contribution in [0, 0.1) is 0 Å². The van der Waals surface area contributed by atoms with Crippen LogP contribution in [0.1, 0.15) is 27.6 Å². The van der Waals surface area contributed by atoms with Crippen molar-refractivity contribution in [3.63, 3.8) is 0 Å². The Bertz CT molecular complexity index is 960. The predicted molar refractivity (Wildman–Crippen MR) is 106 cm³/mol. The van der Waals surface area contributed by atoms with Crippen LogP contribution < -0.4 is 9.47 Å². The second-order valence-electron chi connectivity index (χ2n) is 5.70. The average molecular weight is 478 g/mol. The van der Waals surface area contributed by atoms with Gasteiger partial charge in [-0.05, 0) is 55.0 Å². The molecule has 0 saturated carbocycles. The van der Waals surface area contributed by atoms with Gasteiger partial charge in [-0.25, -0.2) is 0 Å². The topological polar surface area (TPSA) is 52.6 Å². The number of carbonyl (C=O) groups excluding carboxylic acids is 2. The fourth-order valence-corrected chi connectivity index (χ4v) is 3.22. The molecule has 26 heavy (non-hydrogen) atoms. The number of hydrogen-bond donors (Lipinski definition) is 0. The first-order valence-electron chi connectivity index (χ1n) is 7.68. The second kappa shape index (κ2) is 7.60. The summed E-state index contributed by atoms with van der Waals surface area (Å²) in [4.78, 5) is 25.5. The molecule has 0 fully saturated rings. The summed E-state index contributed by atoms with van der Waals surface area (Å²) in [5.41, 5.74) is 1.35. The fourth-order valence-electron chi connectivity index (χ4n) is 2.54. The predicted octanol–water partition coefficient (Wildman–Crippen LogP) is 5.51. The zero-order valence-corrected chi connectivity index (χ0v) is 17.0. The van der Waals surface area contributed by atoms with Gasteiger partial charge in [0.1, 0.15) is 11.5 Å². The number of hydrogen-bond acceptors (Lipinski definition) is 4. The van der Waals surface area contributed by atoms with Gasteiger partial charge in [0.15, 0.2) is 11.6 Å². The van der Waals surface area contributed by atoms with E-state index in [4.69, 9.17) is 9.47 Å². The van der Waals surface area contributed by atoms with Crippen LogP contribution in [-0.2, 0) is 0 Å². The number of benzene rings is 2. The number of fused-ring (bicyclic) bond motifs is 2. The minimum absolute atomic E-state index is 0.150. The number of rotatable bonds is 0. The highest BCUT2D eigenvalue weighted by atomic mass is 79.9. The maximum Gasteiger partial charge on any atom is 0.230 e. The van der Waals surface area contributed by atoms with Crippen LogP contribution in [-0.4, -0.2) is 18.4 Å². The van der Waals surface area contributed by atoms with Gasteiger partial charge in [0.05, 0.1) is 11.1 Å². The van der Waals surface area contributed by atoms with Gasteiger partial charge < -0.3 is 9.47 Å². The van der Waals surface area contributed by atoms with Crippen molar-refractivity contribution in [1.29, 1.82) is 0 Å².